The Bertz CT molecular complexity index is 568. The first-order valence-electron chi connectivity index (χ1n) is 5.70. The standard InChI is InChI=1S/C11H17N5O/c1-4-11(2,3)7-12-8-5-6-9-13-14-10(17)16(9)15-8/h5-6H,4,7H2,1-3H3,(H,12,15)(H,14,17). The van der Waals surface area contributed by atoms with Crippen LogP contribution in [0.3, 0.4) is 0 Å². The molecule has 0 saturated heterocycles. The molecule has 2 N–H and O–H groups in total. The Morgan fingerprint density at radius 1 is 1.47 bits per heavy atom. The van der Waals surface area contributed by atoms with Gasteiger partial charge in [0.2, 0.25) is 0 Å². The summed E-state index contributed by atoms with van der Waals surface area (Å²) in [5, 5.41) is 13.6. The van der Waals surface area contributed by atoms with Crippen LogP contribution in [-0.4, -0.2) is 26.4 Å². The highest BCUT2D eigenvalue weighted by atomic mass is 16.2. The van der Waals surface area contributed by atoms with Gasteiger partial charge in [-0.25, -0.2) is 9.89 Å². The zero-order valence-corrected chi connectivity index (χ0v) is 10.3. The third kappa shape index (κ3) is 2.46. The van der Waals surface area contributed by atoms with Gasteiger partial charge >= 0.3 is 5.69 Å². The van der Waals surface area contributed by atoms with E-state index in [0.717, 1.165) is 13.0 Å². The molecule has 0 amide bonds. The molecular weight excluding hydrogens is 218 g/mol. The fourth-order valence-corrected chi connectivity index (χ4v) is 1.35. The minimum Gasteiger partial charge on any atom is -0.368 e. The zero-order valence-electron chi connectivity index (χ0n) is 10.3. The van der Waals surface area contributed by atoms with E-state index in [1.165, 1.54) is 4.52 Å². The second kappa shape index (κ2) is 4.20. The van der Waals surface area contributed by atoms with Gasteiger partial charge in [0.1, 0.15) is 5.82 Å². The van der Waals surface area contributed by atoms with Gasteiger partial charge in [0.05, 0.1) is 0 Å². The molecule has 0 aliphatic rings. The predicted molar refractivity (Wildman–Crippen MR) is 66.2 cm³/mol. The van der Waals surface area contributed by atoms with Crippen LogP contribution in [0.5, 0.6) is 0 Å². The SMILES string of the molecule is CCC(C)(C)CNc1ccc2n[nH]c(=O)n2n1. The Hall–Kier alpha value is -1.85. The van der Waals surface area contributed by atoms with Crippen LogP contribution >= 0.6 is 0 Å². The molecule has 2 aromatic heterocycles. The summed E-state index contributed by atoms with van der Waals surface area (Å²) in [5.74, 6) is 0.683. The summed E-state index contributed by atoms with van der Waals surface area (Å²) >= 11 is 0. The number of fused-ring (bicyclic) bond motifs is 1. The number of aromatic nitrogens is 4. The summed E-state index contributed by atoms with van der Waals surface area (Å²) in [6.45, 7) is 7.33. The molecule has 2 aromatic rings. The van der Waals surface area contributed by atoms with E-state index < -0.39 is 0 Å². The molecule has 0 saturated carbocycles. The van der Waals surface area contributed by atoms with Crippen molar-refractivity contribution in [2.45, 2.75) is 27.2 Å². The van der Waals surface area contributed by atoms with Crippen LogP contribution in [0.1, 0.15) is 27.2 Å². The van der Waals surface area contributed by atoms with Crippen molar-refractivity contribution >= 4 is 11.5 Å². The molecule has 0 atom stereocenters. The van der Waals surface area contributed by atoms with Crippen LogP contribution in [0.15, 0.2) is 16.9 Å². The van der Waals surface area contributed by atoms with Gasteiger partial charge in [-0.1, -0.05) is 20.8 Å². The fourth-order valence-electron chi connectivity index (χ4n) is 1.35. The Morgan fingerprint density at radius 3 is 2.94 bits per heavy atom. The third-order valence-corrected chi connectivity index (χ3v) is 2.98. The quantitative estimate of drug-likeness (QED) is 0.836. The molecule has 0 unspecified atom stereocenters. The lowest BCUT2D eigenvalue weighted by atomic mass is 9.90. The van der Waals surface area contributed by atoms with Crippen molar-refractivity contribution in [3.63, 3.8) is 0 Å². The number of hydrogen-bond donors (Lipinski definition) is 2. The molecule has 0 spiro atoms. The summed E-state index contributed by atoms with van der Waals surface area (Å²) in [6.07, 6.45) is 1.08. The minimum atomic E-state index is -0.321. The van der Waals surface area contributed by atoms with Gasteiger partial charge in [0.15, 0.2) is 5.65 Å². The largest absolute Gasteiger partial charge is 0.368 e. The average Bonchev–Trinajstić information content (AvgIpc) is 2.69. The van der Waals surface area contributed by atoms with E-state index in [4.69, 9.17) is 0 Å². The normalized spacial score (nSPS) is 11.9. The number of aromatic amines is 1. The second-order valence-electron chi connectivity index (χ2n) is 4.89. The molecule has 0 radical (unpaired) electrons. The molecule has 0 aromatic carbocycles. The monoisotopic (exact) mass is 235 g/mol. The van der Waals surface area contributed by atoms with Gasteiger partial charge in [-0.2, -0.15) is 9.61 Å². The predicted octanol–water partition coefficient (Wildman–Crippen LogP) is 1.27. The van der Waals surface area contributed by atoms with Crippen LogP contribution in [0.2, 0.25) is 0 Å². The van der Waals surface area contributed by atoms with Gasteiger partial charge in [-0.05, 0) is 24.0 Å². The molecule has 2 heterocycles. The lowest BCUT2D eigenvalue weighted by Crippen LogP contribution is -2.23. The third-order valence-electron chi connectivity index (χ3n) is 2.98. The Morgan fingerprint density at radius 2 is 2.24 bits per heavy atom. The molecule has 6 nitrogen and oxygen atoms in total. The number of H-pyrrole nitrogens is 1. The molecule has 0 bridgehead atoms. The van der Waals surface area contributed by atoms with E-state index in [9.17, 15) is 4.79 Å². The Kier molecular flexibility index (Phi) is 2.87. The average molecular weight is 235 g/mol. The lowest BCUT2D eigenvalue weighted by Gasteiger charge is -2.22. The molecule has 2 rings (SSSR count). The van der Waals surface area contributed by atoms with E-state index in [0.29, 0.717) is 11.5 Å². The summed E-state index contributed by atoms with van der Waals surface area (Å²) in [7, 11) is 0. The summed E-state index contributed by atoms with van der Waals surface area (Å²) in [4.78, 5) is 11.3. The number of anilines is 1. The van der Waals surface area contributed by atoms with Crippen molar-refractivity contribution < 1.29 is 0 Å². The van der Waals surface area contributed by atoms with E-state index >= 15 is 0 Å². The van der Waals surface area contributed by atoms with Crippen molar-refractivity contribution in [2.24, 2.45) is 5.41 Å². The maximum atomic E-state index is 11.3. The minimum absolute atomic E-state index is 0.206. The van der Waals surface area contributed by atoms with Crippen molar-refractivity contribution in [3.8, 4) is 0 Å². The molecular formula is C11H17N5O. The van der Waals surface area contributed by atoms with Crippen LogP contribution in [-0.2, 0) is 0 Å². The van der Waals surface area contributed by atoms with E-state index in [1.54, 1.807) is 6.07 Å². The maximum absolute atomic E-state index is 11.3. The molecule has 0 aliphatic heterocycles. The first-order valence-corrected chi connectivity index (χ1v) is 5.70. The van der Waals surface area contributed by atoms with Gasteiger partial charge in [0, 0.05) is 6.54 Å². The first-order chi connectivity index (χ1) is 8.02. The van der Waals surface area contributed by atoms with Crippen LogP contribution in [0.25, 0.3) is 5.65 Å². The summed E-state index contributed by atoms with van der Waals surface area (Å²) in [6, 6.07) is 3.58. The molecule has 92 valence electrons. The highest BCUT2D eigenvalue weighted by molar-refractivity contribution is 5.42. The van der Waals surface area contributed by atoms with Crippen molar-refractivity contribution in [2.75, 3.05) is 11.9 Å². The van der Waals surface area contributed by atoms with E-state index in [2.05, 4.69) is 41.4 Å². The van der Waals surface area contributed by atoms with Crippen molar-refractivity contribution in [1.29, 1.82) is 0 Å². The smallest absolute Gasteiger partial charge is 0.364 e. The number of rotatable bonds is 4. The molecule has 6 heteroatoms. The van der Waals surface area contributed by atoms with E-state index in [-0.39, 0.29) is 11.1 Å². The fraction of sp³-hybridized carbons (Fsp3) is 0.545. The zero-order chi connectivity index (χ0) is 12.5. The first kappa shape index (κ1) is 11.6. The second-order valence-corrected chi connectivity index (χ2v) is 4.89. The van der Waals surface area contributed by atoms with Gasteiger partial charge in [-0.15, -0.1) is 5.10 Å². The summed E-state index contributed by atoms with van der Waals surface area (Å²) in [5.41, 5.74) is 0.409. The van der Waals surface area contributed by atoms with Crippen LogP contribution in [0.4, 0.5) is 5.82 Å². The molecule has 17 heavy (non-hydrogen) atoms. The van der Waals surface area contributed by atoms with Crippen LogP contribution < -0.4 is 11.0 Å². The highest BCUT2D eigenvalue weighted by Crippen LogP contribution is 2.19. The highest BCUT2D eigenvalue weighted by Gasteiger charge is 2.14. The van der Waals surface area contributed by atoms with Gasteiger partial charge in [-0.3, -0.25) is 0 Å². The topological polar surface area (TPSA) is 75.1 Å². The maximum Gasteiger partial charge on any atom is 0.364 e. The molecule has 0 aliphatic carbocycles. The van der Waals surface area contributed by atoms with Gasteiger partial charge in [0.25, 0.3) is 0 Å². The Balaban J connectivity index is 2.19. The Labute approximate surface area is 99.0 Å². The van der Waals surface area contributed by atoms with E-state index in [1.807, 2.05) is 6.07 Å². The van der Waals surface area contributed by atoms with Crippen molar-refractivity contribution in [1.82, 2.24) is 19.8 Å². The molecule has 0 fully saturated rings. The summed E-state index contributed by atoms with van der Waals surface area (Å²) < 4.78 is 1.25. The number of nitrogens with one attached hydrogen (secondary N) is 2. The van der Waals surface area contributed by atoms with Crippen molar-refractivity contribution in [3.05, 3.63) is 22.6 Å². The number of nitrogens with zero attached hydrogens (tertiary/aromatic N) is 3. The number of hydrogen-bond acceptors (Lipinski definition) is 4. The lowest BCUT2D eigenvalue weighted by molar-refractivity contribution is 0.376. The van der Waals surface area contributed by atoms with Crippen LogP contribution in [0, 0.1) is 5.41 Å². The van der Waals surface area contributed by atoms with Gasteiger partial charge < -0.3 is 5.32 Å².